The van der Waals surface area contributed by atoms with E-state index in [1.165, 1.54) is 115 Å². The standard InChI is InChI=1S/C29H53N/c1-4-6-8-10-11-12-13-15-19-23-28(25-27-21-17-16-18-22-27)26(3)29(30)24-20-14-9-7-5-2/h16-18,21-22,26,28-29H,4-15,19-20,23-25,30H2,1-3H3. The van der Waals surface area contributed by atoms with Crippen LogP contribution >= 0.6 is 0 Å². The third kappa shape index (κ3) is 13.5. The zero-order valence-corrected chi connectivity index (χ0v) is 20.7. The summed E-state index contributed by atoms with van der Waals surface area (Å²) in [6.07, 6.45) is 23.2. The molecule has 174 valence electrons. The zero-order valence-electron chi connectivity index (χ0n) is 20.7. The quantitative estimate of drug-likeness (QED) is 0.211. The van der Waals surface area contributed by atoms with E-state index in [1.54, 1.807) is 0 Å². The van der Waals surface area contributed by atoms with Gasteiger partial charge >= 0.3 is 0 Å². The normalized spacial score (nSPS) is 14.5. The lowest BCUT2D eigenvalue weighted by atomic mass is 9.79. The number of rotatable bonds is 20. The van der Waals surface area contributed by atoms with Gasteiger partial charge < -0.3 is 5.73 Å². The molecule has 0 saturated carbocycles. The Bertz CT molecular complexity index is 469. The van der Waals surface area contributed by atoms with Gasteiger partial charge in [-0.2, -0.15) is 0 Å². The smallest absolute Gasteiger partial charge is 0.00672 e. The molecule has 0 bridgehead atoms. The van der Waals surface area contributed by atoms with Crippen LogP contribution in [0.4, 0.5) is 0 Å². The molecule has 0 aliphatic carbocycles. The van der Waals surface area contributed by atoms with Crippen molar-refractivity contribution in [3.8, 4) is 0 Å². The molecular weight excluding hydrogens is 362 g/mol. The highest BCUT2D eigenvalue weighted by atomic mass is 14.6. The highest BCUT2D eigenvalue weighted by Gasteiger charge is 2.23. The van der Waals surface area contributed by atoms with Crippen molar-refractivity contribution in [3.05, 3.63) is 35.9 Å². The summed E-state index contributed by atoms with van der Waals surface area (Å²) >= 11 is 0. The molecule has 0 fully saturated rings. The minimum absolute atomic E-state index is 0.360. The van der Waals surface area contributed by atoms with Crippen molar-refractivity contribution in [2.24, 2.45) is 17.6 Å². The maximum Gasteiger partial charge on any atom is 0.00672 e. The molecule has 3 unspecified atom stereocenters. The van der Waals surface area contributed by atoms with Crippen LogP contribution in [0.5, 0.6) is 0 Å². The first kappa shape index (κ1) is 27.2. The second-order valence-electron chi connectivity index (χ2n) is 9.79. The fourth-order valence-corrected chi connectivity index (χ4v) is 4.78. The van der Waals surface area contributed by atoms with Crippen LogP contribution in [0.15, 0.2) is 30.3 Å². The van der Waals surface area contributed by atoms with Crippen LogP contribution in [0.3, 0.4) is 0 Å². The molecule has 0 amide bonds. The van der Waals surface area contributed by atoms with Crippen LogP contribution in [0, 0.1) is 11.8 Å². The third-order valence-electron chi connectivity index (χ3n) is 7.08. The molecule has 1 heteroatoms. The number of hydrogen-bond acceptors (Lipinski definition) is 1. The van der Waals surface area contributed by atoms with E-state index < -0.39 is 0 Å². The summed E-state index contributed by atoms with van der Waals surface area (Å²) in [4.78, 5) is 0. The predicted molar refractivity (Wildman–Crippen MR) is 136 cm³/mol. The molecule has 0 heterocycles. The lowest BCUT2D eigenvalue weighted by Gasteiger charge is -2.29. The number of benzene rings is 1. The van der Waals surface area contributed by atoms with Gasteiger partial charge in [0, 0.05) is 6.04 Å². The zero-order chi connectivity index (χ0) is 21.9. The summed E-state index contributed by atoms with van der Waals surface area (Å²) in [7, 11) is 0. The largest absolute Gasteiger partial charge is 0.327 e. The second-order valence-corrected chi connectivity index (χ2v) is 9.79. The van der Waals surface area contributed by atoms with Crippen LogP contribution in [0.2, 0.25) is 0 Å². The van der Waals surface area contributed by atoms with Crippen molar-refractivity contribution in [1.29, 1.82) is 0 Å². The van der Waals surface area contributed by atoms with Gasteiger partial charge in [0.1, 0.15) is 0 Å². The molecule has 1 nitrogen and oxygen atoms in total. The van der Waals surface area contributed by atoms with E-state index in [2.05, 4.69) is 51.1 Å². The number of hydrogen-bond donors (Lipinski definition) is 1. The fourth-order valence-electron chi connectivity index (χ4n) is 4.78. The van der Waals surface area contributed by atoms with Crippen LogP contribution in [0.1, 0.15) is 129 Å². The number of unbranched alkanes of at least 4 members (excludes halogenated alkanes) is 12. The molecule has 3 atom stereocenters. The molecule has 0 aliphatic heterocycles. The van der Waals surface area contributed by atoms with Crippen molar-refractivity contribution in [2.75, 3.05) is 0 Å². The fraction of sp³-hybridized carbons (Fsp3) is 0.793. The van der Waals surface area contributed by atoms with Gasteiger partial charge in [-0.3, -0.25) is 0 Å². The summed E-state index contributed by atoms with van der Waals surface area (Å²) in [5, 5.41) is 0. The van der Waals surface area contributed by atoms with Crippen molar-refractivity contribution in [3.63, 3.8) is 0 Å². The Balaban J connectivity index is 2.38. The van der Waals surface area contributed by atoms with Gasteiger partial charge in [0.15, 0.2) is 0 Å². The van der Waals surface area contributed by atoms with Crippen molar-refractivity contribution in [1.82, 2.24) is 0 Å². The van der Waals surface area contributed by atoms with Crippen molar-refractivity contribution >= 4 is 0 Å². The average molecular weight is 416 g/mol. The van der Waals surface area contributed by atoms with Gasteiger partial charge in [0.05, 0.1) is 0 Å². The van der Waals surface area contributed by atoms with E-state index in [0.717, 1.165) is 5.92 Å². The Labute approximate surface area is 189 Å². The second kappa shape index (κ2) is 18.9. The van der Waals surface area contributed by atoms with Gasteiger partial charge in [-0.25, -0.2) is 0 Å². The maximum atomic E-state index is 6.70. The van der Waals surface area contributed by atoms with E-state index in [9.17, 15) is 0 Å². The van der Waals surface area contributed by atoms with Crippen molar-refractivity contribution < 1.29 is 0 Å². The predicted octanol–water partition coefficient (Wildman–Crippen LogP) is 9.09. The summed E-state index contributed by atoms with van der Waals surface area (Å²) in [5.74, 6) is 1.34. The van der Waals surface area contributed by atoms with Crippen LogP contribution in [-0.4, -0.2) is 6.04 Å². The lowest BCUT2D eigenvalue weighted by molar-refractivity contribution is 0.265. The van der Waals surface area contributed by atoms with Crippen LogP contribution in [0.25, 0.3) is 0 Å². The molecule has 1 aromatic carbocycles. The van der Waals surface area contributed by atoms with Gasteiger partial charge in [0.25, 0.3) is 0 Å². The first-order valence-electron chi connectivity index (χ1n) is 13.5. The molecule has 30 heavy (non-hydrogen) atoms. The summed E-state index contributed by atoms with van der Waals surface area (Å²) < 4.78 is 0. The highest BCUT2D eigenvalue weighted by Crippen LogP contribution is 2.28. The monoisotopic (exact) mass is 415 g/mol. The highest BCUT2D eigenvalue weighted by molar-refractivity contribution is 5.15. The summed E-state index contributed by atoms with van der Waals surface area (Å²) in [6, 6.07) is 11.5. The van der Waals surface area contributed by atoms with Crippen LogP contribution in [-0.2, 0) is 6.42 Å². The van der Waals surface area contributed by atoms with Gasteiger partial charge in [0.2, 0.25) is 0 Å². The summed E-state index contributed by atoms with van der Waals surface area (Å²) in [6.45, 7) is 7.01. The van der Waals surface area contributed by atoms with E-state index in [-0.39, 0.29) is 0 Å². The maximum absolute atomic E-state index is 6.70. The van der Waals surface area contributed by atoms with Gasteiger partial charge in [-0.05, 0) is 36.7 Å². The molecule has 1 aromatic rings. The Hall–Kier alpha value is -0.820. The minimum Gasteiger partial charge on any atom is -0.327 e. The summed E-state index contributed by atoms with van der Waals surface area (Å²) in [5.41, 5.74) is 8.18. The minimum atomic E-state index is 0.360. The molecule has 2 N–H and O–H groups in total. The molecule has 1 rings (SSSR count). The third-order valence-corrected chi connectivity index (χ3v) is 7.08. The Morgan fingerprint density at radius 3 is 1.63 bits per heavy atom. The first-order valence-corrected chi connectivity index (χ1v) is 13.5. The van der Waals surface area contributed by atoms with E-state index in [0.29, 0.717) is 12.0 Å². The molecule has 0 aliphatic rings. The number of nitrogens with two attached hydrogens (primary N) is 1. The SMILES string of the molecule is CCCCCCCCCCCC(Cc1ccccc1)C(C)C(N)CCCCCCC. The average Bonchev–Trinajstić information content (AvgIpc) is 2.77. The van der Waals surface area contributed by atoms with Crippen molar-refractivity contribution in [2.45, 2.75) is 136 Å². The van der Waals surface area contributed by atoms with E-state index >= 15 is 0 Å². The molecule has 0 aromatic heterocycles. The van der Waals surface area contributed by atoms with Gasteiger partial charge in [-0.15, -0.1) is 0 Å². The topological polar surface area (TPSA) is 26.0 Å². The Morgan fingerprint density at radius 2 is 1.10 bits per heavy atom. The van der Waals surface area contributed by atoms with Crippen LogP contribution < -0.4 is 5.73 Å². The van der Waals surface area contributed by atoms with E-state index in [4.69, 9.17) is 5.73 Å². The van der Waals surface area contributed by atoms with Gasteiger partial charge in [-0.1, -0.05) is 141 Å². The molecular formula is C29H53N. The molecule has 0 spiro atoms. The Kier molecular flexibility index (Phi) is 17.2. The molecule has 0 saturated heterocycles. The lowest BCUT2D eigenvalue weighted by Crippen LogP contribution is -2.34. The Morgan fingerprint density at radius 1 is 0.633 bits per heavy atom. The molecule has 0 radical (unpaired) electrons. The van der Waals surface area contributed by atoms with E-state index in [1.807, 2.05) is 0 Å². The first-order chi connectivity index (χ1) is 14.7.